The minimum Gasteiger partial charge on any atom is -0.378 e. The zero-order chi connectivity index (χ0) is 22.2. The quantitative estimate of drug-likeness (QED) is 0.344. The second-order valence-electron chi connectivity index (χ2n) is 7.93. The van der Waals surface area contributed by atoms with Gasteiger partial charge in [0.05, 0.1) is 5.92 Å². The van der Waals surface area contributed by atoms with Gasteiger partial charge in [0.2, 0.25) is 6.54 Å². The summed E-state index contributed by atoms with van der Waals surface area (Å²) in [5.41, 5.74) is 0.928. The predicted molar refractivity (Wildman–Crippen MR) is 119 cm³/mol. The topological polar surface area (TPSA) is 80.5 Å². The number of hydrogen-bond acceptors (Lipinski definition) is 5. The summed E-state index contributed by atoms with van der Waals surface area (Å²) in [7, 11) is 3.80. The Morgan fingerprint density at radius 1 is 0.839 bits per heavy atom. The molecule has 0 heterocycles. The lowest BCUT2D eigenvalue weighted by atomic mass is 9.64. The van der Waals surface area contributed by atoms with E-state index in [0.717, 1.165) is 5.69 Å². The van der Waals surface area contributed by atoms with Gasteiger partial charge in [0.1, 0.15) is 5.41 Å². The SMILES string of the molecule is CN(C)c1ccc([C@@H](C[N+](=O)[O-])C2(c3ccccc3)C(=O)c3ccccc3C2=O)cc1. The van der Waals surface area contributed by atoms with Gasteiger partial charge in [-0.2, -0.15) is 0 Å². The van der Waals surface area contributed by atoms with E-state index in [4.69, 9.17) is 0 Å². The van der Waals surface area contributed by atoms with Crippen LogP contribution in [0.5, 0.6) is 0 Å². The maximum absolute atomic E-state index is 13.8. The highest BCUT2D eigenvalue weighted by Gasteiger charge is 2.60. The van der Waals surface area contributed by atoms with Gasteiger partial charge in [0.25, 0.3) is 0 Å². The van der Waals surface area contributed by atoms with Gasteiger partial charge in [-0.05, 0) is 23.3 Å². The van der Waals surface area contributed by atoms with Crippen LogP contribution in [0.1, 0.15) is 37.8 Å². The van der Waals surface area contributed by atoms with Crippen molar-refractivity contribution in [2.75, 3.05) is 25.5 Å². The Hall–Kier alpha value is -3.80. The fourth-order valence-electron chi connectivity index (χ4n) is 4.53. The molecule has 1 aliphatic rings. The molecule has 0 unspecified atom stereocenters. The minimum atomic E-state index is -1.68. The van der Waals surface area contributed by atoms with Crippen LogP contribution in [-0.2, 0) is 5.41 Å². The van der Waals surface area contributed by atoms with Crippen molar-refractivity contribution >= 4 is 17.3 Å². The number of ketones is 2. The van der Waals surface area contributed by atoms with E-state index in [9.17, 15) is 19.7 Å². The number of nitrogens with zero attached hydrogens (tertiary/aromatic N) is 2. The van der Waals surface area contributed by atoms with Crippen LogP contribution in [-0.4, -0.2) is 37.1 Å². The van der Waals surface area contributed by atoms with Gasteiger partial charge >= 0.3 is 0 Å². The first-order chi connectivity index (χ1) is 14.9. The van der Waals surface area contributed by atoms with Gasteiger partial charge in [-0.25, -0.2) is 0 Å². The van der Waals surface area contributed by atoms with E-state index < -0.39 is 22.8 Å². The third kappa shape index (κ3) is 3.20. The normalized spacial score (nSPS) is 15.4. The Labute approximate surface area is 180 Å². The van der Waals surface area contributed by atoms with Crippen LogP contribution >= 0.6 is 0 Å². The molecule has 0 aliphatic heterocycles. The van der Waals surface area contributed by atoms with E-state index in [0.29, 0.717) is 22.3 Å². The van der Waals surface area contributed by atoms with Gasteiger partial charge in [-0.1, -0.05) is 66.7 Å². The summed E-state index contributed by atoms with van der Waals surface area (Å²) < 4.78 is 0. The number of Topliss-reactive ketones (excluding diaryl/α,β-unsaturated/α-hetero) is 2. The van der Waals surface area contributed by atoms with Crippen molar-refractivity contribution in [3.05, 3.63) is 111 Å². The smallest absolute Gasteiger partial charge is 0.212 e. The largest absolute Gasteiger partial charge is 0.378 e. The van der Waals surface area contributed by atoms with Gasteiger partial charge in [-0.3, -0.25) is 19.7 Å². The van der Waals surface area contributed by atoms with E-state index in [-0.39, 0.29) is 11.6 Å². The molecule has 31 heavy (non-hydrogen) atoms. The standard InChI is InChI=1S/C25H22N2O4/c1-26(2)19-14-12-17(13-15-19)22(16-27(30)31)25(18-8-4-3-5-9-18)23(28)20-10-6-7-11-21(20)24(25)29/h3-15,22H,16H2,1-2H3/t22-/m1/s1. The molecule has 0 bridgehead atoms. The molecule has 1 aliphatic carbocycles. The molecule has 0 N–H and O–H groups in total. The first kappa shape index (κ1) is 20.5. The Morgan fingerprint density at radius 2 is 1.35 bits per heavy atom. The summed E-state index contributed by atoms with van der Waals surface area (Å²) in [6.45, 7) is -0.540. The highest BCUT2D eigenvalue weighted by atomic mass is 16.6. The van der Waals surface area contributed by atoms with Crippen molar-refractivity contribution in [1.29, 1.82) is 0 Å². The third-order valence-corrected chi connectivity index (χ3v) is 6.03. The van der Waals surface area contributed by atoms with E-state index >= 15 is 0 Å². The number of carbonyl (C=O) groups excluding carboxylic acids is 2. The lowest BCUT2D eigenvalue weighted by Gasteiger charge is -2.33. The van der Waals surface area contributed by atoms with Crippen molar-refractivity contribution in [3.8, 4) is 0 Å². The molecule has 0 saturated carbocycles. The molecular weight excluding hydrogens is 392 g/mol. The highest BCUT2D eigenvalue weighted by Crippen LogP contribution is 2.49. The molecule has 156 valence electrons. The minimum absolute atomic E-state index is 0.314. The molecule has 0 spiro atoms. The number of hydrogen-bond donors (Lipinski definition) is 0. The van der Waals surface area contributed by atoms with E-state index in [1.54, 1.807) is 66.7 Å². The number of benzene rings is 3. The average molecular weight is 414 g/mol. The zero-order valence-electron chi connectivity index (χ0n) is 17.3. The Balaban J connectivity index is 1.98. The monoisotopic (exact) mass is 414 g/mol. The maximum atomic E-state index is 13.8. The molecule has 4 rings (SSSR count). The molecule has 0 amide bonds. The molecule has 0 fully saturated rings. The van der Waals surface area contributed by atoms with Crippen LogP contribution in [0.3, 0.4) is 0 Å². The summed E-state index contributed by atoms with van der Waals surface area (Å²) in [6, 6.07) is 22.6. The second kappa shape index (κ2) is 7.80. The van der Waals surface area contributed by atoms with Crippen molar-refractivity contribution in [2.24, 2.45) is 0 Å². The number of carbonyl (C=O) groups is 2. The Morgan fingerprint density at radius 3 is 1.84 bits per heavy atom. The van der Waals surface area contributed by atoms with Gasteiger partial charge in [0.15, 0.2) is 11.6 Å². The lowest BCUT2D eigenvalue weighted by Crippen LogP contribution is -2.46. The van der Waals surface area contributed by atoms with Gasteiger partial charge in [0, 0.05) is 35.8 Å². The summed E-state index contributed by atoms with van der Waals surface area (Å²) >= 11 is 0. The first-order valence-corrected chi connectivity index (χ1v) is 10.0. The molecule has 3 aromatic carbocycles. The van der Waals surface area contributed by atoms with Crippen molar-refractivity contribution < 1.29 is 14.5 Å². The molecule has 3 aromatic rings. The second-order valence-corrected chi connectivity index (χ2v) is 7.93. The van der Waals surface area contributed by atoms with Gasteiger partial charge in [-0.15, -0.1) is 0 Å². The average Bonchev–Trinajstić information content (AvgIpc) is 3.01. The number of anilines is 1. The van der Waals surface area contributed by atoms with E-state index in [2.05, 4.69) is 0 Å². The summed E-state index contributed by atoms with van der Waals surface area (Å²) in [5, 5.41) is 11.7. The molecular formula is C25H22N2O4. The fraction of sp³-hybridized carbons (Fsp3) is 0.200. The van der Waals surface area contributed by atoms with Crippen molar-refractivity contribution in [3.63, 3.8) is 0 Å². The van der Waals surface area contributed by atoms with Crippen LogP contribution in [0.15, 0.2) is 78.9 Å². The Bertz CT molecular complexity index is 1120. The number of nitro groups is 1. The lowest BCUT2D eigenvalue weighted by molar-refractivity contribution is -0.484. The van der Waals surface area contributed by atoms with Crippen LogP contribution in [0, 0.1) is 10.1 Å². The number of rotatable bonds is 6. The summed E-state index contributed by atoms with van der Waals surface area (Å²) in [4.78, 5) is 40.9. The number of fused-ring (bicyclic) bond motifs is 1. The summed E-state index contributed by atoms with van der Waals surface area (Å²) in [5.74, 6) is -1.72. The first-order valence-electron chi connectivity index (χ1n) is 10.0. The molecule has 6 nitrogen and oxygen atoms in total. The van der Waals surface area contributed by atoms with Crippen LogP contribution < -0.4 is 4.90 Å². The predicted octanol–water partition coefficient (Wildman–Crippen LogP) is 4.13. The molecule has 0 radical (unpaired) electrons. The van der Waals surface area contributed by atoms with Crippen molar-refractivity contribution in [2.45, 2.75) is 11.3 Å². The van der Waals surface area contributed by atoms with Gasteiger partial charge < -0.3 is 4.90 Å². The summed E-state index contributed by atoms with van der Waals surface area (Å²) in [6.07, 6.45) is 0. The fourth-order valence-corrected chi connectivity index (χ4v) is 4.53. The molecule has 1 atom stereocenters. The molecule has 6 heteroatoms. The van der Waals surface area contributed by atoms with E-state index in [1.807, 2.05) is 31.1 Å². The van der Waals surface area contributed by atoms with Crippen LogP contribution in [0.4, 0.5) is 5.69 Å². The Kier molecular flexibility index (Phi) is 5.15. The highest BCUT2D eigenvalue weighted by molar-refractivity contribution is 6.33. The maximum Gasteiger partial charge on any atom is 0.212 e. The molecule has 0 aromatic heterocycles. The zero-order valence-corrected chi connectivity index (χ0v) is 17.3. The van der Waals surface area contributed by atoms with Crippen molar-refractivity contribution in [1.82, 2.24) is 0 Å². The van der Waals surface area contributed by atoms with Crippen LogP contribution in [0.25, 0.3) is 0 Å². The van der Waals surface area contributed by atoms with E-state index in [1.165, 1.54) is 0 Å². The van der Waals surface area contributed by atoms with Crippen LogP contribution in [0.2, 0.25) is 0 Å². The molecule has 0 saturated heterocycles. The third-order valence-electron chi connectivity index (χ3n) is 6.03.